The van der Waals surface area contributed by atoms with E-state index in [2.05, 4.69) is 5.32 Å². The van der Waals surface area contributed by atoms with Crippen LogP contribution in [0.15, 0.2) is 72.8 Å². The molecule has 0 unspecified atom stereocenters. The molecule has 30 heavy (non-hydrogen) atoms. The van der Waals surface area contributed by atoms with Gasteiger partial charge < -0.3 is 14.8 Å². The molecule has 1 N–H and O–H groups in total. The van der Waals surface area contributed by atoms with Crippen LogP contribution in [0.2, 0.25) is 5.02 Å². The van der Waals surface area contributed by atoms with Gasteiger partial charge in [0.2, 0.25) is 0 Å². The highest BCUT2D eigenvalue weighted by atomic mass is 35.5. The van der Waals surface area contributed by atoms with Crippen molar-refractivity contribution in [3.8, 4) is 11.5 Å². The maximum absolute atomic E-state index is 12.9. The second-order valence-electron chi connectivity index (χ2n) is 7.42. The van der Waals surface area contributed by atoms with Crippen LogP contribution >= 0.6 is 11.6 Å². The molecule has 3 aromatic rings. The molecule has 0 saturated heterocycles. The van der Waals surface area contributed by atoms with Crippen LogP contribution in [-0.2, 0) is 6.61 Å². The lowest BCUT2D eigenvalue weighted by molar-refractivity contribution is 0.102. The van der Waals surface area contributed by atoms with Crippen molar-refractivity contribution in [1.29, 1.82) is 0 Å². The van der Waals surface area contributed by atoms with Crippen LogP contribution in [-0.4, -0.2) is 12.0 Å². The molecule has 0 spiro atoms. The molecule has 0 radical (unpaired) electrons. The minimum absolute atomic E-state index is 0.273. The van der Waals surface area contributed by atoms with Gasteiger partial charge in [-0.3, -0.25) is 4.79 Å². The predicted octanol–water partition coefficient (Wildman–Crippen LogP) is 6.49. The van der Waals surface area contributed by atoms with Gasteiger partial charge in [-0.15, -0.1) is 0 Å². The Morgan fingerprint density at radius 1 is 0.967 bits per heavy atom. The van der Waals surface area contributed by atoms with Crippen molar-refractivity contribution in [3.05, 3.63) is 88.9 Å². The lowest BCUT2D eigenvalue weighted by Crippen LogP contribution is -2.14. The first-order valence-electron chi connectivity index (χ1n) is 10.2. The van der Waals surface area contributed by atoms with E-state index in [4.69, 9.17) is 21.1 Å². The Morgan fingerprint density at radius 3 is 2.43 bits per heavy atom. The van der Waals surface area contributed by atoms with Crippen LogP contribution in [0.25, 0.3) is 0 Å². The third-order valence-electron chi connectivity index (χ3n) is 5.14. The molecule has 0 aromatic heterocycles. The van der Waals surface area contributed by atoms with Crippen molar-refractivity contribution in [2.24, 2.45) is 0 Å². The predicted molar refractivity (Wildman–Crippen MR) is 120 cm³/mol. The first kappa shape index (κ1) is 20.3. The van der Waals surface area contributed by atoms with Gasteiger partial charge in [0.25, 0.3) is 5.91 Å². The third kappa shape index (κ3) is 5.33. The van der Waals surface area contributed by atoms with Gasteiger partial charge in [-0.05, 0) is 73.7 Å². The molecular formula is C25H24ClNO3. The summed E-state index contributed by atoms with van der Waals surface area (Å²) in [5.41, 5.74) is 2.11. The third-order valence-corrected chi connectivity index (χ3v) is 5.38. The molecule has 1 aliphatic rings. The van der Waals surface area contributed by atoms with Crippen LogP contribution in [0.5, 0.6) is 11.5 Å². The molecule has 1 aliphatic carbocycles. The van der Waals surface area contributed by atoms with Gasteiger partial charge in [0.05, 0.1) is 11.7 Å². The van der Waals surface area contributed by atoms with E-state index in [1.165, 1.54) is 12.8 Å². The average molecular weight is 422 g/mol. The first-order chi connectivity index (χ1) is 14.7. The fourth-order valence-electron chi connectivity index (χ4n) is 3.55. The van der Waals surface area contributed by atoms with Gasteiger partial charge in [0, 0.05) is 10.7 Å². The number of carbonyl (C=O) groups is 1. The summed E-state index contributed by atoms with van der Waals surface area (Å²) in [5, 5.41) is 3.39. The quantitative estimate of drug-likeness (QED) is 0.474. The lowest BCUT2D eigenvalue weighted by Gasteiger charge is -2.14. The van der Waals surface area contributed by atoms with E-state index in [0.29, 0.717) is 34.7 Å². The van der Waals surface area contributed by atoms with Gasteiger partial charge in [-0.2, -0.15) is 0 Å². The molecule has 0 heterocycles. The van der Waals surface area contributed by atoms with Crippen LogP contribution in [0.4, 0.5) is 5.69 Å². The summed E-state index contributed by atoms with van der Waals surface area (Å²) >= 11 is 6.13. The number of halogens is 1. The van der Waals surface area contributed by atoms with Crippen molar-refractivity contribution in [2.45, 2.75) is 38.4 Å². The number of nitrogens with one attached hydrogen (secondary N) is 1. The zero-order valence-electron chi connectivity index (χ0n) is 16.6. The van der Waals surface area contributed by atoms with E-state index in [0.717, 1.165) is 24.2 Å². The second-order valence-corrected chi connectivity index (χ2v) is 7.85. The summed E-state index contributed by atoms with van der Waals surface area (Å²) in [7, 11) is 0. The standard InChI is InChI=1S/C25H24ClNO3/c26-19-10-15-24(29-17-18-6-2-1-3-7-18)23(16-19)25(28)27-20-11-13-22(14-12-20)30-21-8-4-5-9-21/h1-3,6-7,10-16,21H,4-5,8-9,17H2,(H,27,28). The lowest BCUT2D eigenvalue weighted by atomic mass is 10.1. The van der Waals surface area contributed by atoms with E-state index < -0.39 is 0 Å². The first-order valence-corrected chi connectivity index (χ1v) is 10.6. The molecule has 1 saturated carbocycles. The molecule has 4 rings (SSSR count). The van der Waals surface area contributed by atoms with Crippen LogP contribution in [0.3, 0.4) is 0 Å². The van der Waals surface area contributed by atoms with Crippen molar-refractivity contribution < 1.29 is 14.3 Å². The fourth-order valence-corrected chi connectivity index (χ4v) is 3.73. The number of hydrogen-bond donors (Lipinski definition) is 1. The zero-order valence-corrected chi connectivity index (χ0v) is 17.4. The van der Waals surface area contributed by atoms with Crippen molar-refractivity contribution in [2.75, 3.05) is 5.32 Å². The topological polar surface area (TPSA) is 47.6 Å². The molecule has 154 valence electrons. The average Bonchev–Trinajstić information content (AvgIpc) is 3.28. The number of ether oxygens (including phenoxy) is 2. The highest BCUT2D eigenvalue weighted by Crippen LogP contribution is 2.27. The van der Waals surface area contributed by atoms with Gasteiger partial charge in [0.15, 0.2) is 0 Å². The van der Waals surface area contributed by atoms with E-state index in [1.54, 1.807) is 18.2 Å². The highest BCUT2D eigenvalue weighted by molar-refractivity contribution is 6.31. The Morgan fingerprint density at radius 2 is 1.70 bits per heavy atom. The smallest absolute Gasteiger partial charge is 0.259 e. The minimum atomic E-state index is -0.273. The van der Waals surface area contributed by atoms with Crippen molar-refractivity contribution >= 4 is 23.2 Å². The van der Waals surface area contributed by atoms with Crippen LogP contribution in [0, 0.1) is 0 Å². The summed E-state index contributed by atoms with van der Waals surface area (Å²) in [5.74, 6) is 1.04. The minimum Gasteiger partial charge on any atom is -0.490 e. The summed E-state index contributed by atoms with van der Waals surface area (Å²) in [4.78, 5) is 12.9. The van der Waals surface area contributed by atoms with Crippen molar-refractivity contribution in [3.63, 3.8) is 0 Å². The maximum Gasteiger partial charge on any atom is 0.259 e. The molecule has 1 amide bonds. The summed E-state index contributed by atoms with van der Waals surface area (Å²) in [6.07, 6.45) is 4.99. The Balaban J connectivity index is 1.42. The SMILES string of the molecule is O=C(Nc1ccc(OC2CCCC2)cc1)c1cc(Cl)ccc1OCc1ccccc1. The number of amides is 1. The molecule has 0 atom stereocenters. The maximum atomic E-state index is 12.9. The highest BCUT2D eigenvalue weighted by Gasteiger charge is 2.17. The molecule has 0 aliphatic heterocycles. The summed E-state index contributed by atoms with van der Waals surface area (Å²) in [6.45, 7) is 0.371. The number of anilines is 1. The van der Waals surface area contributed by atoms with Gasteiger partial charge in [-0.25, -0.2) is 0 Å². The molecule has 4 nitrogen and oxygen atoms in total. The van der Waals surface area contributed by atoms with Crippen LogP contribution < -0.4 is 14.8 Å². The largest absolute Gasteiger partial charge is 0.490 e. The van der Waals surface area contributed by atoms with Crippen LogP contribution in [0.1, 0.15) is 41.6 Å². The summed E-state index contributed by atoms with van der Waals surface area (Å²) in [6, 6.07) is 22.3. The number of benzene rings is 3. The van der Waals surface area contributed by atoms with E-state index in [1.807, 2.05) is 54.6 Å². The molecule has 5 heteroatoms. The Hall–Kier alpha value is -2.98. The van der Waals surface area contributed by atoms with Gasteiger partial charge >= 0.3 is 0 Å². The number of hydrogen-bond acceptors (Lipinski definition) is 3. The van der Waals surface area contributed by atoms with Gasteiger partial charge in [0.1, 0.15) is 18.1 Å². The van der Waals surface area contributed by atoms with Gasteiger partial charge in [-0.1, -0.05) is 41.9 Å². The Kier molecular flexibility index (Phi) is 6.55. The summed E-state index contributed by atoms with van der Waals surface area (Å²) < 4.78 is 11.9. The normalized spacial score (nSPS) is 13.8. The van der Waals surface area contributed by atoms with E-state index in [-0.39, 0.29) is 5.91 Å². The molecule has 0 bridgehead atoms. The van der Waals surface area contributed by atoms with E-state index >= 15 is 0 Å². The monoisotopic (exact) mass is 421 g/mol. The molecule has 3 aromatic carbocycles. The molecular weight excluding hydrogens is 398 g/mol. The number of rotatable bonds is 7. The number of carbonyl (C=O) groups excluding carboxylic acids is 1. The Bertz CT molecular complexity index is 983. The second kappa shape index (κ2) is 9.68. The molecule has 1 fully saturated rings. The zero-order chi connectivity index (χ0) is 20.8. The Labute approximate surface area is 181 Å². The fraction of sp³-hybridized carbons (Fsp3) is 0.240. The van der Waals surface area contributed by atoms with E-state index in [9.17, 15) is 4.79 Å². The van der Waals surface area contributed by atoms with Crippen molar-refractivity contribution in [1.82, 2.24) is 0 Å².